The van der Waals surface area contributed by atoms with Gasteiger partial charge in [0.25, 0.3) is 0 Å². The number of benzene rings is 11. The fourth-order valence-electron chi connectivity index (χ4n) is 9.31. The van der Waals surface area contributed by atoms with Crippen LogP contribution in [0.5, 0.6) is 0 Å². The zero-order chi connectivity index (χ0) is 41.0. The fraction of sp³-hybridized carbons (Fsp3) is 0. The first-order chi connectivity index (χ1) is 30.7. The van der Waals surface area contributed by atoms with Gasteiger partial charge in [0.2, 0.25) is 0 Å². The molecule has 2 nitrogen and oxygen atoms in total. The maximum atomic E-state index is 6.23. The number of rotatable bonds is 7. The molecule has 0 saturated carbocycles. The van der Waals surface area contributed by atoms with E-state index in [1.807, 2.05) is 18.2 Å². The number of hydrogen-bond donors (Lipinski definition) is 0. The predicted molar refractivity (Wildman–Crippen MR) is 263 cm³/mol. The summed E-state index contributed by atoms with van der Waals surface area (Å²) >= 11 is 0. The van der Waals surface area contributed by atoms with Gasteiger partial charge in [0, 0.05) is 28.0 Å². The van der Waals surface area contributed by atoms with E-state index in [0.717, 1.165) is 50.5 Å². The first kappa shape index (κ1) is 35.7. The van der Waals surface area contributed by atoms with Gasteiger partial charge >= 0.3 is 0 Å². The second-order valence-electron chi connectivity index (χ2n) is 16.1. The van der Waals surface area contributed by atoms with Crippen molar-refractivity contribution in [2.45, 2.75) is 0 Å². The molecule has 62 heavy (non-hydrogen) atoms. The van der Waals surface area contributed by atoms with E-state index >= 15 is 0 Å². The maximum absolute atomic E-state index is 6.23. The van der Waals surface area contributed by atoms with Gasteiger partial charge in [-0.05, 0) is 143 Å². The van der Waals surface area contributed by atoms with Crippen molar-refractivity contribution in [3.05, 3.63) is 237 Å². The van der Waals surface area contributed by atoms with Gasteiger partial charge in [0.1, 0.15) is 11.3 Å². The Morgan fingerprint density at radius 1 is 0.258 bits per heavy atom. The van der Waals surface area contributed by atoms with Gasteiger partial charge in [0.05, 0.1) is 0 Å². The summed E-state index contributed by atoms with van der Waals surface area (Å²) in [6.07, 6.45) is 0. The SMILES string of the molecule is c1cc(-c2ccc(N(c3ccc(-c4ccc5c(ccc6ccccc65)c4)cc3)c3ccc(-c4cc5ccccc5c5ccccc45)cc3)cc2)cc(-c2cc3ccccc3o2)c1. The van der Waals surface area contributed by atoms with Gasteiger partial charge in [0.15, 0.2) is 0 Å². The van der Waals surface area contributed by atoms with Crippen LogP contribution >= 0.6 is 0 Å². The summed E-state index contributed by atoms with van der Waals surface area (Å²) in [4.78, 5) is 2.35. The summed E-state index contributed by atoms with van der Waals surface area (Å²) in [5.74, 6) is 0.872. The first-order valence-electron chi connectivity index (χ1n) is 21.2. The summed E-state index contributed by atoms with van der Waals surface area (Å²) in [5.41, 5.74) is 12.3. The van der Waals surface area contributed by atoms with E-state index in [1.165, 1.54) is 65.3 Å². The third-order valence-electron chi connectivity index (χ3n) is 12.4. The zero-order valence-corrected chi connectivity index (χ0v) is 33.9. The average molecular weight is 790 g/mol. The average Bonchev–Trinajstić information content (AvgIpc) is 3.79. The molecule has 0 unspecified atom stereocenters. The molecule has 0 N–H and O–H groups in total. The topological polar surface area (TPSA) is 16.4 Å². The van der Waals surface area contributed by atoms with Crippen LogP contribution in [0.15, 0.2) is 241 Å². The lowest BCUT2D eigenvalue weighted by atomic mass is 9.93. The van der Waals surface area contributed by atoms with E-state index in [9.17, 15) is 0 Å². The van der Waals surface area contributed by atoms with Crippen LogP contribution < -0.4 is 4.90 Å². The van der Waals surface area contributed by atoms with Crippen LogP contribution in [0.2, 0.25) is 0 Å². The van der Waals surface area contributed by atoms with E-state index in [1.54, 1.807) is 0 Å². The first-order valence-corrected chi connectivity index (χ1v) is 21.2. The molecule has 0 aliphatic carbocycles. The fourth-order valence-corrected chi connectivity index (χ4v) is 9.31. The summed E-state index contributed by atoms with van der Waals surface area (Å²) in [6.45, 7) is 0. The molecule has 12 aromatic rings. The zero-order valence-electron chi connectivity index (χ0n) is 33.9. The minimum absolute atomic E-state index is 0.872. The third kappa shape index (κ3) is 6.29. The van der Waals surface area contributed by atoms with E-state index in [0.29, 0.717) is 0 Å². The minimum Gasteiger partial charge on any atom is -0.456 e. The number of nitrogens with zero attached hydrogens (tertiary/aromatic N) is 1. The van der Waals surface area contributed by atoms with Crippen molar-refractivity contribution in [3.63, 3.8) is 0 Å². The minimum atomic E-state index is 0.872. The Morgan fingerprint density at radius 2 is 0.742 bits per heavy atom. The molecule has 2 heteroatoms. The van der Waals surface area contributed by atoms with Crippen LogP contribution in [0.25, 0.3) is 98.8 Å². The molecule has 1 heterocycles. The predicted octanol–water partition coefficient (Wildman–Crippen LogP) is 17.2. The Balaban J connectivity index is 0.920. The highest BCUT2D eigenvalue weighted by atomic mass is 16.3. The number of fused-ring (bicyclic) bond motifs is 7. The van der Waals surface area contributed by atoms with E-state index in [-0.39, 0.29) is 0 Å². The Bertz CT molecular complexity index is 3580. The van der Waals surface area contributed by atoms with Crippen molar-refractivity contribution in [3.8, 4) is 44.7 Å². The van der Waals surface area contributed by atoms with Gasteiger partial charge < -0.3 is 9.32 Å². The largest absolute Gasteiger partial charge is 0.456 e. The second-order valence-corrected chi connectivity index (χ2v) is 16.1. The van der Waals surface area contributed by atoms with Gasteiger partial charge in [-0.15, -0.1) is 0 Å². The molecule has 0 aliphatic rings. The van der Waals surface area contributed by atoms with E-state index in [2.05, 4.69) is 223 Å². The number of anilines is 3. The Hall–Kier alpha value is -8.20. The van der Waals surface area contributed by atoms with Gasteiger partial charge in [-0.3, -0.25) is 0 Å². The van der Waals surface area contributed by atoms with Crippen LogP contribution in [0, 0.1) is 0 Å². The van der Waals surface area contributed by atoms with Crippen LogP contribution in [-0.4, -0.2) is 0 Å². The molecule has 290 valence electrons. The highest BCUT2D eigenvalue weighted by Gasteiger charge is 2.16. The van der Waals surface area contributed by atoms with Crippen LogP contribution in [0.4, 0.5) is 17.1 Å². The molecule has 0 spiro atoms. The van der Waals surface area contributed by atoms with E-state index < -0.39 is 0 Å². The molecule has 0 radical (unpaired) electrons. The van der Waals surface area contributed by atoms with Crippen LogP contribution in [0.1, 0.15) is 0 Å². The maximum Gasteiger partial charge on any atom is 0.135 e. The van der Waals surface area contributed by atoms with E-state index in [4.69, 9.17) is 4.42 Å². The van der Waals surface area contributed by atoms with Gasteiger partial charge in [-0.2, -0.15) is 0 Å². The number of hydrogen-bond acceptors (Lipinski definition) is 2. The molecule has 0 bridgehead atoms. The van der Waals surface area contributed by atoms with Crippen molar-refractivity contribution >= 4 is 71.1 Å². The molecule has 1 aromatic heterocycles. The molecule has 0 fully saturated rings. The van der Waals surface area contributed by atoms with Crippen LogP contribution in [-0.2, 0) is 0 Å². The normalized spacial score (nSPS) is 11.5. The van der Waals surface area contributed by atoms with Gasteiger partial charge in [-0.1, -0.05) is 170 Å². The molecule has 12 rings (SSSR count). The van der Waals surface area contributed by atoms with Crippen molar-refractivity contribution in [2.24, 2.45) is 0 Å². The smallest absolute Gasteiger partial charge is 0.135 e. The number of furan rings is 1. The molecule has 0 saturated heterocycles. The molecule has 11 aromatic carbocycles. The molecular weight excluding hydrogens is 751 g/mol. The third-order valence-corrected chi connectivity index (χ3v) is 12.4. The van der Waals surface area contributed by atoms with Crippen molar-refractivity contribution in [2.75, 3.05) is 4.90 Å². The summed E-state index contributed by atoms with van der Waals surface area (Å²) in [6, 6.07) is 85.5. The lowest BCUT2D eigenvalue weighted by Gasteiger charge is -2.26. The molecule has 0 amide bonds. The van der Waals surface area contributed by atoms with Crippen LogP contribution in [0.3, 0.4) is 0 Å². The highest BCUT2D eigenvalue weighted by molar-refractivity contribution is 6.14. The summed E-state index contributed by atoms with van der Waals surface area (Å²) in [5, 5.41) is 11.2. The standard InChI is InChI=1S/C60H39NO/c1-4-15-53-42(10-1)20-21-47-36-45(28-35-55(47)53)41-24-31-51(32-25-41)61(52-33-26-43(27-34-52)58-38-46-11-2-5-16-54(46)56-17-6-7-18-57(56)58)50-29-22-40(23-30-50)44-13-9-14-48(37-44)60-39-49-12-3-8-19-59(49)62-60/h1-39H. The molecule has 0 atom stereocenters. The number of para-hydroxylation sites is 1. The summed E-state index contributed by atoms with van der Waals surface area (Å²) < 4.78 is 6.23. The summed E-state index contributed by atoms with van der Waals surface area (Å²) in [7, 11) is 0. The lowest BCUT2D eigenvalue weighted by molar-refractivity contribution is 0.631. The van der Waals surface area contributed by atoms with Crippen molar-refractivity contribution in [1.29, 1.82) is 0 Å². The quantitative estimate of drug-likeness (QED) is 0.150. The monoisotopic (exact) mass is 789 g/mol. The molecular formula is C60H39NO. The Morgan fingerprint density at radius 3 is 1.44 bits per heavy atom. The van der Waals surface area contributed by atoms with Crippen molar-refractivity contribution < 1.29 is 4.42 Å². The van der Waals surface area contributed by atoms with Crippen molar-refractivity contribution in [1.82, 2.24) is 0 Å². The highest BCUT2D eigenvalue weighted by Crippen LogP contribution is 2.41. The second kappa shape index (κ2) is 14.8. The Kier molecular flexibility index (Phi) is 8.53. The molecule has 0 aliphatic heterocycles. The Labute approximate surface area is 360 Å². The van der Waals surface area contributed by atoms with Gasteiger partial charge in [-0.25, -0.2) is 0 Å². The lowest BCUT2D eigenvalue weighted by Crippen LogP contribution is -2.09.